The number of likely N-dealkylation sites (tertiary alicyclic amines) is 1. The van der Waals surface area contributed by atoms with Gasteiger partial charge in [0.15, 0.2) is 0 Å². The maximum atomic E-state index is 13.2. The fraction of sp³-hybridized carbons (Fsp3) is 0.257. The highest BCUT2D eigenvalue weighted by atomic mass is 16.5. The number of anilines is 2. The molecule has 4 aromatic rings. The monoisotopic (exact) mass is 562 g/mol. The minimum Gasteiger partial charge on any atom is -0.496 e. The third-order valence-corrected chi connectivity index (χ3v) is 7.75. The number of hydrogen-bond donors (Lipinski definition) is 2. The molecule has 2 N–H and O–H groups in total. The maximum Gasteiger partial charge on any atom is 0.326 e. The summed E-state index contributed by atoms with van der Waals surface area (Å²) in [5, 5.41) is 6.12. The van der Waals surface area contributed by atoms with E-state index in [4.69, 9.17) is 4.74 Å². The lowest BCUT2D eigenvalue weighted by Crippen LogP contribution is -2.44. The van der Waals surface area contributed by atoms with E-state index in [1.54, 1.807) is 25.2 Å². The normalized spacial score (nSPS) is 13.8. The van der Waals surface area contributed by atoms with Gasteiger partial charge in [-0.2, -0.15) is 0 Å². The van der Waals surface area contributed by atoms with Crippen molar-refractivity contribution in [1.29, 1.82) is 0 Å². The predicted molar refractivity (Wildman–Crippen MR) is 168 cm³/mol. The number of urea groups is 1. The van der Waals surface area contributed by atoms with Crippen LogP contribution in [0.2, 0.25) is 0 Å². The van der Waals surface area contributed by atoms with Crippen molar-refractivity contribution in [3.8, 4) is 5.75 Å². The molecule has 1 saturated heterocycles. The maximum absolute atomic E-state index is 13.2. The van der Waals surface area contributed by atoms with Gasteiger partial charge in [-0.25, -0.2) is 4.79 Å². The first-order valence-corrected chi connectivity index (χ1v) is 14.4. The van der Waals surface area contributed by atoms with Crippen molar-refractivity contribution in [2.24, 2.45) is 0 Å². The van der Waals surface area contributed by atoms with Crippen LogP contribution in [0.4, 0.5) is 16.2 Å². The summed E-state index contributed by atoms with van der Waals surface area (Å²) in [6.45, 7) is 2.80. The Kier molecular flexibility index (Phi) is 9.51. The van der Waals surface area contributed by atoms with Gasteiger partial charge < -0.3 is 15.4 Å². The number of piperidine rings is 1. The van der Waals surface area contributed by atoms with E-state index in [-0.39, 0.29) is 18.0 Å². The predicted octanol–water partition coefficient (Wildman–Crippen LogP) is 6.35. The van der Waals surface area contributed by atoms with Crippen LogP contribution in [0, 0.1) is 0 Å². The lowest BCUT2D eigenvalue weighted by molar-refractivity contribution is 0.0906. The van der Waals surface area contributed by atoms with Crippen molar-refractivity contribution in [2.45, 2.75) is 31.8 Å². The van der Waals surface area contributed by atoms with Crippen LogP contribution in [0.5, 0.6) is 5.75 Å². The van der Waals surface area contributed by atoms with E-state index < -0.39 is 0 Å². The average Bonchev–Trinajstić information content (AvgIpc) is 3.03. The summed E-state index contributed by atoms with van der Waals surface area (Å²) in [6, 6.07) is 33.6. The van der Waals surface area contributed by atoms with Crippen LogP contribution in [0.3, 0.4) is 0 Å². The second-order valence-electron chi connectivity index (χ2n) is 10.7. The molecule has 0 atom stereocenters. The van der Waals surface area contributed by atoms with Crippen LogP contribution in [0.25, 0.3) is 0 Å². The summed E-state index contributed by atoms with van der Waals surface area (Å²) in [6.07, 6.45) is 2.63. The zero-order valence-corrected chi connectivity index (χ0v) is 24.3. The number of nitrogens with one attached hydrogen (secondary N) is 2. The smallest absolute Gasteiger partial charge is 0.326 e. The van der Waals surface area contributed by atoms with Crippen molar-refractivity contribution in [3.05, 3.63) is 125 Å². The molecule has 0 unspecified atom stereocenters. The Labute approximate surface area is 248 Å². The quantitative estimate of drug-likeness (QED) is 0.249. The van der Waals surface area contributed by atoms with Gasteiger partial charge in [0, 0.05) is 50.2 Å². The second kappa shape index (κ2) is 13.8. The number of carbonyl (C=O) groups is 2. The van der Waals surface area contributed by atoms with Crippen LogP contribution < -0.4 is 20.3 Å². The number of hydrogen-bond acceptors (Lipinski definition) is 4. The Bertz CT molecular complexity index is 1470. The van der Waals surface area contributed by atoms with E-state index in [9.17, 15) is 9.59 Å². The molecule has 7 heteroatoms. The third kappa shape index (κ3) is 7.56. The SMILES string of the molecule is COc1cc(N(C)C(=O)Nc2ccc(Cc3ccccc3)cc2)ccc1C(=O)NC1CCN(Cc2ccccc2)CC1. The molecule has 0 aliphatic carbocycles. The molecule has 0 radical (unpaired) electrons. The lowest BCUT2D eigenvalue weighted by Gasteiger charge is -2.32. The number of nitrogens with zero attached hydrogens (tertiary/aromatic N) is 2. The highest BCUT2D eigenvalue weighted by Crippen LogP contribution is 2.26. The molecule has 0 bridgehead atoms. The minimum absolute atomic E-state index is 0.112. The van der Waals surface area contributed by atoms with Gasteiger partial charge in [-0.3, -0.25) is 14.6 Å². The van der Waals surface area contributed by atoms with Gasteiger partial charge in [-0.15, -0.1) is 0 Å². The first kappa shape index (κ1) is 28.9. The Morgan fingerprint density at radius 3 is 2.10 bits per heavy atom. The molecule has 5 rings (SSSR count). The molecule has 1 aliphatic rings. The number of amides is 3. The first-order chi connectivity index (χ1) is 20.5. The number of rotatable bonds is 9. The molecule has 216 valence electrons. The van der Waals surface area contributed by atoms with Crippen LogP contribution in [-0.2, 0) is 13.0 Å². The highest BCUT2D eigenvalue weighted by molar-refractivity contribution is 6.02. The van der Waals surface area contributed by atoms with E-state index in [1.807, 2.05) is 48.5 Å². The van der Waals surface area contributed by atoms with E-state index >= 15 is 0 Å². The summed E-state index contributed by atoms with van der Waals surface area (Å²) in [5.74, 6) is 0.263. The molecule has 3 amide bonds. The molecule has 4 aromatic carbocycles. The molecular formula is C35H38N4O3. The third-order valence-electron chi connectivity index (χ3n) is 7.75. The Hall–Kier alpha value is -4.62. The largest absolute Gasteiger partial charge is 0.496 e. The summed E-state index contributed by atoms with van der Waals surface area (Å²) >= 11 is 0. The number of carbonyl (C=O) groups excluding carboxylic acids is 2. The number of methoxy groups -OCH3 is 1. The fourth-order valence-electron chi connectivity index (χ4n) is 5.28. The van der Waals surface area contributed by atoms with E-state index in [0.717, 1.165) is 38.9 Å². The van der Waals surface area contributed by atoms with E-state index in [1.165, 1.54) is 28.7 Å². The molecule has 7 nitrogen and oxygen atoms in total. The van der Waals surface area contributed by atoms with Gasteiger partial charge in [-0.05, 0) is 60.2 Å². The molecule has 0 saturated carbocycles. The Morgan fingerprint density at radius 2 is 1.45 bits per heavy atom. The van der Waals surface area contributed by atoms with Crippen molar-refractivity contribution in [1.82, 2.24) is 10.2 Å². The van der Waals surface area contributed by atoms with Crippen LogP contribution in [-0.4, -0.2) is 50.1 Å². The van der Waals surface area contributed by atoms with Crippen molar-refractivity contribution >= 4 is 23.3 Å². The molecule has 0 spiro atoms. The molecule has 1 heterocycles. The average molecular weight is 563 g/mol. The Balaban J connectivity index is 1.14. The topological polar surface area (TPSA) is 73.9 Å². The molecular weight excluding hydrogens is 524 g/mol. The minimum atomic E-state index is -0.285. The van der Waals surface area contributed by atoms with E-state index in [0.29, 0.717) is 22.7 Å². The van der Waals surface area contributed by atoms with Crippen LogP contribution in [0.15, 0.2) is 103 Å². The van der Waals surface area contributed by atoms with Gasteiger partial charge in [0.1, 0.15) is 5.75 Å². The zero-order chi connectivity index (χ0) is 29.3. The van der Waals surface area contributed by atoms with Gasteiger partial charge in [0.25, 0.3) is 5.91 Å². The van der Waals surface area contributed by atoms with Crippen LogP contribution in [0.1, 0.15) is 39.9 Å². The van der Waals surface area contributed by atoms with Gasteiger partial charge in [-0.1, -0.05) is 72.8 Å². The Morgan fingerprint density at radius 1 is 0.833 bits per heavy atom. The van der Waals surface area contributed by atoms with Gasteiger partial charge in [0.2, 0.25) is 0 Å². The number of benzene rings is 4. The lowest BCUT2D eigenvalue weighted by atomic mass is 10.0. The van der Waals surface area contributed by atoms with Crippen molar-refractivity contribution in [2.75, 3.05) is 37.5 Å². The first-order valence-electron chi connectivity index (χ1n) is 14.4. The van der Waals surface area contributed by atoms with Crippen LogP contribution >= 0.6 is 0 Å². The zero-order valence-electron chi connectivity index (χ0n) is 24.3. The van der Waals surface area contributed by atoms with Gasteiger partial charge >= 0.3 is 6.03 Å². The standard InChI is InChI=1S/C35H38N4O3/c1-38(35(41)37-29-15-13-27(14-16-29)23-26-9-5-3-6-10-26)31-17-18-32(33(24-31)42-2)34(40)36-30-19-21-39(22-20-30)25-28-11-7-4-8-12-28/h3-18,24,30H,19-23,25H2,1-2H3,(H,36,40)(H,37,41). The highest BCUT2D eigenvalue weighted by Gasteiger charge is 2.23. The summed E-state index contributed by atoms with van der Waals surface area (Å²) in [7, 11) is 3.23. The fourth-order valence-corrected chi connectivity index (χ4v) is 5.28. The molecule has 1 aliphatic heterocycles. The van der Waals surface area contributed by atoms with E-state index in [2.05, 4.69) is 51.9 Å². The summed E-state index contributed by atoms with van der Waals surface area (Å²) in [5.41, 5.74) is 5.50. The summed E-state index contributed by atoms with van der Waals surface area (Å²) < 4.78 is 5.56. The second-order valence-corrected chi connectivity index (χ2v) is 10.7. The molecule has 1 fully saturated rings. The summed E-state index contributed by atoms with van der Waals surface area (Å²) in [4.78, 5) is 30.1. The van der Waals surface area contributed by atoms with Gasteiger partial charge in [0.05, 0.1) is 12.7 Å². The molecule has 0 aromatic heterocycles. The van der Waals surface area contributed by atoms with Crippen molar-refractivity contribution < 1.29 is 14.3 Å². The molecule has 42 heavy (non-hydrogen) atoms. The number of ether oxygens (including phenoxy) is 1. The van der Waals surface area contributed by atoms with Crippen molar-refractivity contribution in [3.63, 3.8) is 0 Å².